The fourth-order valence-corrected chi connectivity index (χ4v) is 3.48. The molecule has 1 unspecified atom stereocenters. The van der Waals surface area contributed by atoms with Crippen molar-refractivity contribution in [3.8, 4) is 0 Å². The molecule has 0 bridgehead atoms. The minimum Gasteiger partial charge on any atom is -0.385 e. The first kappa shape index (κ1) is 18.0. The van der Waals surface area contributed by atoms with E-state index in [9.17, 15) is 8.42 Å². The molecule has 0 aliphatic rings. The SMILES string of the molecule is CCCNc1ccc(S(=O)(=O)N(C)C(C)C(C)(C)C)cc1. The summed E-state index contributed by atoms with van der Waals surface area (Å²) in [5.74, 6) is 0. The van der Waals surface area contributed by atoms with Crippen LogP contribution in [0.25, 0.3) is 0 Å². The summed E-state index contributed by atoms with van der Waals surface area (Å²) >= 11 is 0. The summed E-state index contributed by atoms with van der Waals surface area (Å²) in [6, 6.07) is 6.88. The summed E-state index contributed by atoms with van der Waals surface area (Å²) < 4.78 is 26.8. The fraction of sp³-hybridized carbons (Fsp3) is 0.625. The molecule has 0 spiro atoms. The van der Waals surface area contributed by atoms with Gasteiger partial charge < -0.3 is 5.32 Å². The van der Waals surface area contributed by atoms with Crippen molar-refractivity contribution in [3.63, 3.8) is 0 Å². The van der Waals surface area contributed by atoms with Gasteiger partial charge >= 0.3 is 0 Å². The first-order valence-corrected chi connectivity index (χ1v) is 8.86. The molecule has 0 aromatic heterocycles. The van der Waals surface area contributed by atoms with Crippen LogP contribution in [0.1, 0.15) is 41.0 Å². The van der Waals surface area contributed by atoms with E-state index in [-0.39, 0.29) is 11.5 Å². The van der Waals surface area contributed by atoms with Crippen LogP contribution < -0.4 is 5.32 Å². The Morgan fingerprint density at radius 3 is 2.14 bits per heavy atom. The summed E-state index contributed by atoms with van der Waals surface area (Å²) in [6.07, 6.45) is 1.03. The Balaban J connectivity index is 2.97. The van der Waals surface area contributed by atoms with Crippen molar-refractivity contribution in [2.45, 2.75) is 52.0 Å². The van der Waals surface area contributed by atoms with Crippen molar-refractivity contribution in [1.29, 1.82) is 0 Å². The maximum absolute atomic E-state index is 12.7. The monoisotopic (exact) mass is 312 g/mol. The molecule has 4 nitrogen and oxygen atoms in total. The van der Waals surface area contributed by atoms with Crippen molar-refractivity contribution in [3.05, 3.63) is 24.3 Å². The summed E-state index contributed by atoms with van der Waals surface area (Å²) in [5, 5.41) is 3.24. The zero-order chi connectivity index (χ0) is 16.3. The smallest absolute Gasteiger partial charge is 0.243 e. The average Bonchev–Trinajstić information content (AvgIpc) is 2.42. The number of anilines is 1. The van der Waals surface area contributed by atoms with Crippen LogP contribution in [0.5, 0.6) is 0 Å². The van der Waals surface area contributed by atoms with Crippen LogP contribution in [0.4, 0.5) is 5.69 Å². The maximum atomic E-state index is 12.7. The van der Waals surface area contributed by atoms with Gasteiger partial charge in [-0.2, -0.15) is 4.31 Å². The van der Waals surface area contributed by atoms with Crippen LogP contribution in [0.15, 0.2) is 29.2 Å². The largest absolute Gasteiger partial charge is 0.385 e. The van der Waals surface area contributed by atoms with Gasteiger partial charge in [-0.25, -0.2) is 8.42 Å². The van der Waals surface area contributed by atoms with Crippen molar-refractivity contribution in [2.75, 3.05) is 18.9 Å². The highest BCUT2D eigenvalue weighted by molar-refractivity contribution is 7.89. The highest BCUT2D eigenvalue weighted by Crippen LogP contribution is 2.28. The number of nitrogens with one attached hydrogen (secondary N) is 1. The summed E-state index contributed by atoms with van der Waals surface area (Å²) in [5.41, 5.74) is 0.840. The van der Waals surface area contributed by atoms with Gasteiger partial charge in [-0.3, -0.25) is 0 Å². The highest BCUT2D eigenvalue weighted by atomic mass is 32.2. The van der Waals surface area contributed by atoms with E-state index >= 15 is 0 Å². The van der Waals surface area contributed by atoms with E-state index in [1.54, 1.807) is 19.2 Å². The fourth-order valence-electron chi connectivity index (χ4n) is 1.93. The van der Waals surface area contributed by atoms with Crippen LogP contribution in [0.2, 0.25) is 0 Å². The lowest BCUT2D eigenvalue weighted by molar-refractivity contribution is 0.216. The predicted molar refractivity (Wildman–Crippen MR) is 89.1 cm³/mol. The topological polar surface area (TPSA) is 49.4 Å². The van der Waals surface area contributed by atoms with Crippen LogP contribution >= 0.6 is 0 Å². The van der Waals surface area contributed by atoms with Crippen LogP contribution in [0.3, 0.4) is 0 Å². The zero-order valence-electron chi connectivity index (χ0n) is 14.0. The second-order valence-corrected chi connectivity index (χ2v) is 8.51. The minimum atomic E-state index is -3.45. The van der Waals surface area contributed by atoms with Gasteiger partial charge in [-0.1, -0.05) is 27.7 Å². The van der Waals surface area contributed by atoms with E-state index in [0.717, 1.165) is 18.7 Å². The summed E-state index contributed by atoms with van der Waals surface area (Å²) in [4.78, 5) is 0.336. The van der Waals surface area contributed by atoms with Crippen LogP contribution in [-0.4, -0.2) is 32.4 Å². The molecule has 0 aliphatic heterocycles. The van der Waals surface area contributed by atoms with Gasteiger partial charge in [0.1, 0.15) is 0 Å². The number of hydrogen-bond donors (Lipinski definition) is 1. The quantitative estimate of drug-likeness (QED) is 0.873. The third kappa shape index (κ3) is 4.45. The van der Waals surface area contributed by atoms with Crippen molar-refractivity contribution < 1.29 is 8.42 Å². The lowest BCUT2D eigenvalue weighted by Crippen LogP contribution is -2.42. The Kier molecular flexibility index (Phi) is 5.82. The van der Waals surface area contributed by atoms with E-state index in [1.165, 1.54) is 4.31 Å². The molecule has 0 amide bonds. The van der Waals surface area contributed by atoms with Crippen LogP contribution in [0, 0.1) is 5.41 Å². The van der Waals surface area contributed by atoms with Gasteiger partial charge in [-0.05, 0) is 43.0 Å². The lowest BCUT2D eigenvalue weighted by atomic mass is 9.88. The third-order valence-electron chi connectivity index (χ3n) is 3.91. The number of nitrogens with zero attached hydrogens (tertiary/aromatic N) is 1. The molecule has 120 valence electrons. The average molecular weight is 312 g/mol. The standard InChI is InChI=1S/C16H28N2O2S/c1-7-12-17-14-8-10-15(11-9-14)21(19,20)18(6)13(2)16(3,4)5/h8-11,13,17H,7,12H2,1-6H3. The number of rotatable bonds is 6. The molecule has 0 saturated heterocycles. The van der Waals surface area contributed by atoms with Crippen molar-refractivity contribution in [1.82, 2.24) is 4.31 Å². The van der Waals surface area contributed by atoms with Gasteiger partial charge in [0, 0.05) is 25.3 Å². The molecule has 5 heteroatoms. The number of benzene rings is 1. The molecule has 0 saturated carbocycles. The molecule has 0 radical (unpaired) electrons. The highest BCUT2D eigenvalue weighted by Gasteiger charge is 2.32. The molecule has 1 atom stereocenters. The molecule has 21 heavy (non-hydrogen) atoms. The molecule has 0 fully saturated rings. The Hall–Kier alpha value is -1.07. The molecular weight excluding hydrogens is 284 g/mol. The van der Waals surface area contributed by atoms with E-state index in [1.807, 2.05) is 39.8 Å². The Morgan fingerprint density at radius 1 is 1.19 bits per heavy atom. The minimum absolute atomic E-state index is 0.0830. The first-order chi connectivity index (χ1) is 9.60. The molecule has 1 N–H and O–H groups in total. The molecule has 1 aromatic rings. The molecule has 0 aliphatic carbocycles. The first-order valence-electron chi connectivity index (χ1n) is 7.42. The Labute approximate surface area is 129 Å². The normalized spacial score (nSPS) is 14.2. The van der Waals surface area contributed by atoms with E-state index in [0.29, 0.717) is 4.90 Å². The zero-order valence-corrected chi connectivity index (χ0v) is 14.8. The maximum Gasteiger partial charge on any atom is 0.243 e. The van der Waals surface area contributed by atoms with Crippen molar-refractivity contribution >= 4 is 15.7 Å². The third-order valence-corrected chi connectivity index (χ3v) is 5.85. The molecule has 1 aromatic carbocycles. The second-order valence-electron chi connectivity index (χ2n) is 6.51. The van der Waals surface area contributed by atoms with E-state index < -0.39 is 10.0 Å². The van der Waals surface area contributed by atoms with Crippen molar-refractivity contribution in [2.24, 2.45) is 5.41 Å². The number of sulfonamides is 1. The van der Waals surface area contributed by atoms with Crippen LogP contribution in [-0.2, 0) is 10.0 Å². The van der Waals surface area contributed by atoms with E-state index in [2.05, 4.69) is 12.2 Å². The summed E-state index contributed by atoms with van der Waals surface area (Å²) in [7, 11) is -1.81. The second kappa shape index (κ2) is 6.79. The summed E-state index contributed by atoms with van der Waals surface area (Å²) in [6.45, 7) is 11.0. The Bertz CT molecular complexity index is 545. The predicted octanol–water partition coefficient (Wildman–Crippen LogP) is 3.56. The molecular formula is C16H28N2O2S. The van der Waals surface area contributed by atoms with E-state index in [4.69, 9.17) is 0 Å². The lowest BCUT2D eigenvalue weighted by Gasteiger charge is -2.34. The van der Waals surface area contributed by atoms with Gasteiger partial charge in [0.25, 0.3) is 0 Å². The Morgan fingerprint density at radius 2 is 1.71 bits per heavy atom. The van der Waals surface area contributed by atoms with Gasteiger partial charge in [-0.15, -0.1) is 0 Å². The van der Waals surface area contributed by atoms with Gasteiger partial charge in [0.2, 0.25) is 10.0 Å². The van der Waals surface area contributed by atoms with Gasteiger partial charge in [0.15, 0.2) is 0 Å². The number of hydrogen-bond acceptors (Lipinski definition) is 3. The molecule has 0 heterocycles. The molecule has 1 rings (SSSR count). The van der Waals surface area contributed by atoms with Gasteiger partial charge in [0.05, 0.1) is 4.90 Å².